The van der Waals surface area contributed by atoms with Crippen molar-refractivity contribution in [3.8, 4) is 0 Å². The summed E-state index contributed by atoms with van der Waals surface area (Å²) in [5.74, 6) is 0. The zero-order valence-corrected chi connectivity index (χ0v) is 16.3. The minimum absolute atomic E-state index is 1.08. The molecule has 0 bridgehead atoms. The second kappa shape index (κ2) is 11.3. The maximum Gasteiger partial charge on any atom is -0.0224 e. The molecule has 25 heavy (non-hydrogen) atoms. The highest BCUT2D eigenvalue weighted by molar-refractivity contribution is 5.72. The monoisotopic (exact) mass is 332 g/mol. The van der Waals surface area contributed by atoms with Gasteiger partial charge in [0.2, 0.25) is 0 Å². The van der Waals surface area contributed by atoms with Gasteiger partial charge in [0.25, 0.3) is 0 Å². The fourth-order valence-corrected chi connectivity index (χ4v) is 2.40. The van der Waals surface area contributed by atoms with Crippen molar-refractivity contribution in [2.24, 2.45) is 0 Å². The molecular weight excluding hydrogens is 300 g/mol. The second-order valence-electron chi connectivity index (χ2n) is 6.66. The molecule has 0 saturated carbocycles. The summed E-state index contributed by atoms with van der Waals surface area (Å²) in [6, 6.07) is 17.0. The summed E-state index contributed by atoms with van der Waals surface area (Å²) in [5, 5.41) is 0. The third-order valence-corrected chi connectivity index (χ3v) is 4.05. The van der Waals surface area contributed by atoms with E-state index in [1.54, 1.807) is 0 Å². The van der Waals surface area contributed by atoms with Crippen molar-refractivity contribution in [1.29, 1.82) is 0 Å². The molecule has 0 unspecified atom stereocenters. The van der Waals surface area contributed by atoms with E-state index in [1.807, 2.05) is 13.8 Å². The van der Waals surface area contributed by atoms with E-state index in [2.05, 4.69) is 87.7 Å². The van der Waals surface area contributed by atoms with Crippen molar-refractivity contribution in [1.82, 2.24) is 0 Å². The van der Waals surface area contributed by atoms with E-state index < -0.39 is 0 Å². The molecule has 0 aliphatic carbocycles. The molecule has 132 valence electrons. The predicted octanol–water partition coefficient (Wildman–Crippen LogP) is 7.65. The molecule has 0 aliphatic heterocycles. The minimum atomic E-state index is 1.08. The van der Waals surface area contributed by atoms with E-state index in [0.717, 1.165) is 19.3 Å². The van der Waals surface area contributed by atoms with Crippen LogP contribution in [0.5, 0.6) is 0 Å². The van der Waals surface area contributed by atoms with Gasteiger partial charge in [0, 0.05) is 0 Å². The molecule has 0 radical (unpaired) electrons. The summed E-state index contributed by atoms with van der Waals surface area (Å²) >= 11 is 0. The largest absolute Gasteiger partial charge is 0.100 e. The fraction of sp³-hybridized carbons (Fsp3) is 0.280. The van der Waals surface area contributed by atoms with Crippen LogP contribution in [0.2, 0.25) is 0 Å². The van der Waals surface area contributed by atoms with Crippen molar-refractivity contribution in [2.45, 2.75) is 47.0 Å². The van der Waals surface area contributed by atoms with Crippen LogP contribution in [0, 0.1) is 6.92 Å². The summed E-state index contributed by atoms with van der Waals surface area (Å²) in [6.07, 6.45) is 7.67. The average molecular weight is 333 g/mol. The average Bonchev–Trinajstić information content (AvgIpc) is 2.60. The first kappa shape index (κ1) is 20.7. The number of rotatable bonds is 6. The van der Waals surface area contributed by atoms with E-state index in [1.165, 1.54) is 33.4 Å². The molecule has 0 heteroatoms. The van der Waals surface area contributed by atoms with Crippen LogP contribution < -0.4 is 0 Å². The van der Waals surface area contributed by atoms with Crippen molar-refractivity contribution in [3.05, 3.63) is 95.1 Å². The third-order valence-electron chi connectivity index (χ3n) is 4.05. The molecule has 0 saturated heterocycles. The van der Waals surface area contributed by atoms with Crippen LogP contribution in [0.3, 0.4) is 0 Å². The van der Waals surface area contributed by atoms with Gasteiger partial charge in [0.15, 0.2) is 0 Å². The number of benzene rings is 2. The van der Waals surface area contributed by atoms with E-state index in [0.29, 0.717) is 0 Å². The van der Waals surface area contributed by atoms with Crippen molar-refractivity contribution < 1.29 is 0 Å². The highest BCUT2D eigenvalue weighted by Crippen LogP contribution is 2.15. The van der Waals surface area contributed by atoms with Gasteiger partial charge in [-0.05, 0) is 62.3 Å². The van der Waals surface area contributed by atoms with Gasteiger partial charge in [-0.2, -0.15) is 0 Å². The highest BCUT2D eigenvalue weighted by atomic mass is 14.0. The lowest BCUT2D eigenvalue weighted by Crippen LogP contribution is -1.85. The first-order valence-electron chi connectivity index (χ1n) is 9.04. The summed E-state index contributed by atoms with van der Waals surface area (Å²) < 4.78 is 0. The topological polar surface area (TPSA) is 0 Å². The van der Waals surface area contributed by atoms with Crippen molar-refractivity contribution >= 4 is 12.2 Å². The molecule has 0 spiro atoms. The van der Waals surface area contributed by atoms with E-state index in [4.69, 9.17) is 0 Å². The summed E-state index contributed by atoms with van der Waals surface area (Å²) in [4.78, 5) is 0. The van der Waals surface area contributed by atoms with Gasteiger partial charge in [0.1, 0.15) is 0 Å². The molecule has 0 N–H and O–H groups in total. The lowest BCUT2D eigenvalue weighted by Gasteiger charge is -2.03. The Morgan fingerprint density at radius 1 is 0.800 bits per heavy atom. The molecular formula is C25H32. The Labute approximate surface area is 154 Å². The Kier molecular flexibility index (Phi) is 9.32. The highest BCUT2D eigenvalue weighted by Gasteiger charge is 1.96. The number of hydrogen-bond acceptors (Lipinski definition) is 0. The Morgan fingerprint density at radius 2 is 1.28 bits per heavy atom. The summed E-state index contributed by atoms with van der Waals surface area (Å²) in [6.45, 7) is 16.0. The maximum absolute atomic E-state index is 3.79. The van der Waals surface area contributed by atoms with Crippen LogP contribution in [0.1, 0.15) is 55.9 Å². The van der Waals surface area contributed by atoms with Gasteiger partial charge < -0.3 is 0 Å². The maximum atomic E-state index is 3.79. The predicted molar refractivity (Wildman–Crippen MR) is 115 cm³/mol. The molecule has 0 nitrogen and oxygen atoms in total. The normalized spacial score (nSPS) is 10.2. The fourth-order valence-electron chi connectivity index (χ4n) is 2.40. The van der Waals surface area contributed by atoms with Crippen molar-refractivity contribution in [2.75, 3.05) is 0 Å². The van der Waals surface area contributed by atoms with Gasteiger partial charge in [-0.15, -0.1) is 13.2 Å². The van der Waals surface area contributed by atoms with Crippen LogP contribution in [-0.2, 0) is 6.42 Å². The van der Waals surface area contributed by atoms with Gasteiger partial charge >= 0.3 is 0 Å². The Morgan fingerprint density at radius 3 is 1.80 bits per heavy atom. The molecule has 0 amide bonds. The molecule has 2 aromatic carbocycles. The van der Waals surface area contributed by atoms with Crippen LogP contribution in [-0.4, -0.2) is 0 Å². The van der Waals surface area contributed by atoms with Crippen LogP contribution >= 0.6 is 0 Å². The lowest BCUT2D eigenvalue weighted by atomic mass is 10.0. The van der Waals surface area contributed by atoms with Gasteiger partial charge in [-0.1, -0.05) is 78.8 Å². The Bertz CT molecular complexity index is 702. The summed E-state index contributed by atoms with van der Waals surface area (Å²) in [5.41, 5.74) is 7.81. The van der Waals surface area contributed by atoms with Gasteiger partial charge in [-0.25, -0.2) is 0 Å². The number of hydrogen-bond donors (Lipinski definition) is 0. The quantitative estimate of drug-likeness (QED) is 0.376. The van der Waals surface area contributed by atoms with E-state index >= 15 is 0 Å². The summed E-state index contributed by atoms with van der Waals surface area (Å²) in [7, 11) is 0. The smallest absolute Gasteiger partial charge is 0.0224 e. The first-order valence-corrected chi connectivity index (χ1v) is 9.04. The van der Waals surface area contributed by atoms with Gasteiger partial charge in [-0.3, -0.25) is 0 Å². The zero-order valence-electron chi connectivity index (χ0n) is 16.3. The van der Waals surface area contributed by atoms with Crippen molar-refractivity contribution in [3.63, 3.8) is 0 Å². The Hall–Kier alpha value is -2.34. The molecule has 0 fully saturated rings. The SMILES string of the molecule is C=C(C)CCC(=C)C.CCc1ccccc1/C=C\c1ccccc1C. The minimum Gasteiger partial charge on any atom is -0.100 e. The lowest BCUT2D eigenvalue weighted by molar-refractivity contribution is 0.933. The molecule has 2 aromatic rings. The number of allylic oxidation sites excluding steroid dienone is 2. The van der Waals surface area contributed by atoms with Gasteiger partial charge in [0.05, 0.1) is 0 Å². The standard InChI is InChI=1S/C17H18.C8H14/c1-3-15-9-6-7-11-17(15)13-12-16-10-5-4-8-14(16)2;1-7(2)5-6-8(3)4/h4-13H,3H2,1-2H3;1,3,5-6H2,2,4H3/b13-12-;. The van der Waals surface area contributed by atoms with Crippen LogP contribution in [0.15, 0.2) is 72.8 Å². The van der Waals surface area contributed by atoms with E-state index in [-0.39, 0.29) is 0 Å². The zero-order chi connectivity index (χ0) is 18.7. The molecule has 0 aromatic heterocycles. The molecule has 0 atom stereocenters. The second-order valence-corrected chi connectivity index (χ2v) is 6.66. The molecule has 0 heterocycles. The van der Waals surface area contributed by atoms with E-state index in [9.17, 15) is 0 Å². The first-order chi connectivity index (χ1) is 11.9. The Balaban J connectivity index is 0.000000333. The molecule has 2 rings (SSSR count). The van der Waals surface area contributed by atoms with Crippen LogP contribution in [0.4, 0.5) is 0 Å². The number of aryl methyl sites for hydroxylation is 2. The van der Waals surface area contributed by atoms with Crippen LogP contribution in [0.25, 0.3) is 12.2 Å². The third kappa shape index (κ3) is 8.35. The molecule has 0 aliphatic rings.